The molecule has 0 aliphatic carbocycles. The molecule has 1 aromatic heterocycles. The van der Waals surface area contributed by atoms with E-state index >= 15 is 0 Å². The Bertz CT molecular complexity index is 463. The zero-order valence-electron chi connectivity index (χ0n) is 8.36. The van der Waals surface area contributed by atoms with Gasteiger partial charge in [-0.3, -0.25) is 4.98 Å². The summed E-state index contributed by atoms with van der Waals surface area (Å²) in [5, 5.41) is 1.01. The van der Waals surface area contributed by atoms with Gasteiger partial charge in [-0.2, -0.15) is 0 Å². The van der Waals surface area contributed by atoms with Gasteiger partial charge >= 0.3 is 0 Å². The second-order valence-corrected chi connectivity index (χ2v) is 3.47. The highest BCUT2D eigenvalue weighted by Crippen LogP contribution is 2.27. The molecule has 2 aromatic rings. The summed E-state index contributed by atoms with van der Waals surface area (Å²) >= 11 is 0. The summed E-state index contributed by atoms with van der Waals surface area (Å²) in [6, 6.07) is 7.80. The summed E-state index contributed by atoms with van der Waals surface area (Å²) in [6.07, 6.45) is 1.79. The molecule has 0 aliphatic rings. The number of hydrogen-bond donors (Lipinski definition) is 1. The first-order valence-electron chi connectivity index (χ1n) is 4.50. The Hall–Kier alpha value is -1.77. The Morgan fingerprint density at radius 3 is 2.71 bits per heavy atom. The lowest BCUT2D eigenvalue weighted by atomic mass is 10.1. The molecule has 3 heteroatoms. The molecule has 2 N–H and O–H groups in total. The summed E-state index contributed by atoms with van der Waals surface area (Å²) in [7, 11) is 4.00. The molecule has 0 aliphatic heterocycles. The summed E-state index contributed by atoms with van der Waals surface area (Å²) in [6.45, 7) is 0. The Kier molecular flexibility index (Phi) is 2.00. The fourth-order valence-corrected chi connectivity index (χ4v) is 1.54. The normalized spacial score (nSPS) is 10.4. The van der Waals surface area contributed by atoms with Crippen LogP contribution >= 0.6 is 0 Å². The number of hydrogen-bond acceptors (Lipinski definition) is 3. The van der Waals surface area contributed by atoms with E-state index in [1.807, 2.05) is 43.3 Å². The number of benzene rings is 1. The van der Waals surface area contributed by atoms with Crippen LogP contribution in [0.15, 0.2) is 30.5 Å². The average Bonchev–Trinajstić information content (AvgIpc) is 2.18. The maximum Gasteiger partial charge on any atom is 0.0955 e. The molecule has 72 valence electrons. The van der Waals surface area contributed by atoms with E-state index < -0.39 is 0 Å². The van der Waals surface area contributed by atoms with Gasteiger partial charge in [0.1, 0.15) is 0 Å². The van der Waals surface area contributed by atoms with Crippen LogP contribution in [-0.2, 0) is 0 Å². The fraction of sp³-hybridized carbons (Fsp3) is 0.182. The van der Waals surface area contributed by atoms with E-state index in [0.29, 0.717) is 0 Å². The van der Waals surface area contributed by atoms with Crippen LogP contribution in [0.5, 0.6) is 0 Å². The predicted molar refractivity (Wildman–Crippen MR) is 60.5 cm³/mol. The maximum atomic E-state index is 5.87. The molecular weight excluding hydrogens is 174 g/mol. The van der Waals surface area contributed by atoms with Gasteiger partial charge in [0.25, 0.3) is 0 Å². The fourth-order valence-electron chi connectivity index (χ4n) is 1.54. The van der Waals surface area contributed by atoms with Gasteiger partial charge in [-0.05, 0) is 24.3 Å². The molecule has 1 aromatic carbocycles. The van der Waals surface area contributed by atoms with Gasteiger partial charge in [-0.25, -0.2) is 0 Å². The molecule has 0 fully saturated rings. The molecule has 0 radical (unpaired) electrons. The largest absolute Gasteiger partial charge is 0.398 e. The van der Waals surface area contributed by atoms with Crippen LogP contribution < -0.4 is 10.6 Å². The first kappa shape index (κ1) is 8.81. The lowest BCUT2D eigenvalue weighted by Gasteiger charge is -2.15. The molecule has 0 bridgehead atoms. The van der Waals surface area contributed by atoms with E-state index in [1.54, 1.807) is 6.20 Å². The SMILES string of the molecule is CN(C)c1ccc(N)c2cccnc12. The predicted octanol–water partition coefficient (Wildman–Crippen LogP) is 1.88. The molecule has 0 saturated heterocycles. The monoisotopic (exact) mass is 187 g/mol. The summed E-state index contributed by atoms with van der Waals surface area (Å²) < 4.78 is 0. The van der Waals surface area contributed by atoms with Crippen molar-refractivity contribution in [1.82, 2.24) is 4.98 Å². The van der Waals surface area contributed by atoms with Crippen molar-refractivity contribution in [2.75, 3.05) is 24.7 Å². The summed E-state index contributed by atoms with van der Waals surface area (Å²) in [4.78, 5) is 6.38. The number of aromatic nitrogens is 1. The van der Waals surface area contributed by atoms with Crippen LogP contribution in [0.4, 0.5) is 11.4 Å². The molecular formula is C11H13N3. The van der Waals surface area contributed by atoms with Crippen molar-refractivity contribution in [3.63, 3.8) is 0 Å². The zero-order chi connectivity index (χ0) is 10.1. The lowest BCUT2D eigenvalue weighted by Crippen LogP contribution is -2.09. The summed E-state index contributed by atoms with van der Waals surface area (Å²) in [5.74, 6) is 0. The standard InChI is InChI=1S/C11H13N3/c1-14(2)10-6-5-9(12)8-4-3-7-13-11(8)10/h3-7H,12H2,1-2H3. The van der Waals surface area contributed by atoms with Crippen molar-refractivity contribution in [2.24, 2.45) is 0 Å². The third kappa shape index (κ3) is 1.27. The third-order valence-corrected chi connectivity index (χ3v) is 2.26. The van der Waals surface area contributed by atoms with Crippen LogP contribution in [-0.4, -0.2) is 19.1 Å². The highest BCUT2D eigenvalue weighted by Gasteiger charge is 2.05. The second-order valence-electron chi connectivity index (χ2n) is 3.47. The number of rotatable bonds is 1. The minimum Gasteiger partial charge on any atom is -0.398 e. The molecule has 14 heavy (non-hydrogen) atoms. The zero-order valence-corrected chi connectivity index (χ0v) is 8.36. The van der Waals surface area contributed by atoms with E-state index in [9.17, 15) is 0 Å². The Balaban J connectivity index is 2.82. The van der Waals surface area contributed by atoms with Gasteiger partial charge in [0.15, 0.2) is 0 Å². The van der Waals surface area contributed by atoms with Crippen LogP contribution in [0, 0.1) is 0 Å². The van der Waals surface area contributed by atoms with Crippen molar-refractivity contribution in [3.05, 3.63) is 30.5 Å². The average molecular weight is 187 g/mol. The van der Waals surface area contributed by atoms with Crippen molar-refractivity contribution in [1.29, 1.82) is 0 Å². The van der Waals surface area contributed by atoms with Gasteiger partial charge in [0.05, 0.1) is 11.2 Å². The molecule has 0 spiro atoms. The van der Waals surface area contributed by atoms with Crippen LogP contribution in [0.2, 0.25) is 0 Å². The van der Waals surface area contributed by atoms with Crippen LogP contribution in [0.25, 0.3) is 10.9 Å². The molecule has 0 saturated carbocycles. The molecule has 1 heterocycles. The number of nitrogens with two attached hydrogens (primary N) is 1. The second kappa shape index (κ2) is 3.18. The maximum absolute atomic E-state index is 5.87. The van der Waals surface area contributed by atoms with Gasteiger partial charge in [0, 0.05) is 31.4 Å². The van der Waals surface area contributed by atoms with Crippen molar-refractivity contribution in [3.8, 4) is 0 Å². The van der Waals surface area contributed by atoms with E-state index in [2.05, 4.69) is 4.98 Å². The Labute approximate surface area is 83.2 Å². The van der Waals surface area contributed by atoms with Crippen molar-refractivity contribution in [2.45, 2.75) is 0 Å². The first-order valence-corrected chi connectivity index (χ1v) is 4.50. The summed E-state index contributed by atoms with van der Waals surface area (Å²) in [5.41, 5.74) is 8.69. The van der Waals surface area contributed by atoms with E-state index in [1.165, 1.54) is 0 Å². The first-order chi connectivity index (χ1) is 6.70. The molecule has 0 amide bonds. The minimum absolute atomic E-state index is 0.777. The van der Waals surface area contributed by atoms with Crippen molar-refractivity contribution < 1.29 is 0 Å². The molecule has 0 atom stereocenters. The highest BCUT2D eigenvalue weighted by atomic mass is 15.1. The van der Waals surface area contributed by atoms with Crippen molar-refractivity contribution >= 4 is 22.3 Å². The van der Waals surface area contributed by atoms with Crippen LogP contribution in [0.3, 0.4) is 0 Å². The number of anilines is 2. The molecule has 2 rings (SSSR count). The third-order valence-electron chi connectivity index (χ3n) is 2.26. The Morgan fingerprint density at radius 2 is 2.00 bits per heavy atom. The minimum atomic E-state index is 0.777. The smallest absolute Gasteiger partial charge is 0.0955 e. The Morgan fingerprint density at radius 1 is 1.21 bits per heavy atom. The highest BCUT2D eigenvalue weighted by molar-refractivity contribution is 5.98. The molecule has 3 nitrogen and oxygen atoms in total. The number of pyridine rings is 1. The quantitative estimate of drug-likeness (QED) is 0.693. The van der Waals surface area contributed by atoms with E-state index in [0.717, 1.165) is 22.3 Å². The van der Waals surface area contributed by atoms with Gasteiger partial charge in [0.2, 0.25) is 0 Å². The van der Waals surface area contributed by atoms with Gasteiger partial charge < -0.3 is 10.6 Å². The van der Waals surface area contributed by atoms with Gasteiger partial charge in [-0.1, -0.05) is 0 Å². The topological polar surface area (TPSA) is 42.1 Å². The number of nitrogens with zero attached hydrogens (tertiary/aromatic N) is 2. The van der Waals surface area contributed by atoms with E-state index in [-0.39, 0.29) is 0 Å². The van der Waals surface area contributed by atoms with E-state index in [4.69, 9.17) is 5.73 Å². The number of fused-ring (bicyclic) bond motifs is 1. The number of nitrogen functional groups attached to an aromatic ring is 1. The van der Waals surface area contributed by atoms with Crippen LogP contribution in [0.1, 0.15) is 0 Å². The van der Waals surface area contributed by atoms with Gasteiger partial charge in [-0.15, -0.1) is 0 Å². The molecule has 0 unspecified atom stereocenters. The lowest BCUT2D eigenvalue weighted by molar-refractivity contribution is 1.13.